The molecule has 136 valence electrons. The maximum Gasteiger partial charge on any atom is 0.123 e. The van der Waals surface area contributed by atoms with Crippen molar-refractivity contribution < 1.29 is 9.13 Å². The van der Waals surface area contributed by atoms with E-state index in [1.54, 1.807) is 12.1 Å². The Bertz CT molecular complexity index is 982. The molecule has 1 aliphatic heterocycles. The van der Waals surface area contributed by atoms with E-state index in [0.717, 1.165) is 34.7 Å². The summed E-state index contributed by atoms with van der Waals surface area (Å²) in [4.78, 5) is 0. The molecular formula is C23H21FN2O. The third-order valence-electron chi connectivity index (χ3n) is 4.90. The summed E-state index contributed by atoms with van der Waals surface area (Å²) in [5.41, 5.74) is 11.5. The molecule has 1 unspecified atom stereocenters. The highest BCUT2D eigenvalue weighted by atomic mass is 19.1. The largest absolute Gasteiger partial charge is 0.493 e. The third kappa shape index (κ3) is 3.65. The van der Waals surface area contributed by atoms with Crippen LogP contribution in [0.3, 0.4) is 0 Å². The summed E-state index contributed by atoms with van der Waals surface area (Å²) in [5, 5.41) is 3.36. The van der Waals surface area contributed by atoms with E-state index in [1.165, 1.54) is 17.7 Å². The molecule has 0 radical (unpaired) electrons. The lowest BCUT2D eigenvalue weighted by Crippen LogP contribution is -2.25. The van der Waals surface area contributed by atoms with Crippen molar-refractivity contribution >= 4 is 11.4 Å². The molecule has 0 spiro atoms. The Morgan fingerprint density at radius 2 is 1.78 bits per heavy atom. The summed E-state index contributed by atoms with van der Waals surface area (Å²) >= 11 is 0. The lowest BCUT2D eigenvalue weighted by molar-refractivity contribution is 0.244. The molecule has 3 nitrogen and oxygen atoms in total. The first-order valence-corrected chi connectivity index (χ1v) is 8.92. The number of para-hydroxylation sites is 1. The second-order valence-corrected chi connectivity index (χ2v) is 6.78. The minimum atomic E-state index is -0.251. The summed E-state index contributed by atoms with van der Waals surface area (Å²) in [6.45, 7) is 4.79. The molecule has 3 aromatic rings. The monoisotopic (exact) mass is 360 g/mol. The second-order valence-electron chi connectivity index (χ2n) is 6.78. The van der Waals surface area contributed by atoms with E-state index in [1.807, 2.05) is 36.4 Å². The predicted molar refractivity (Wildman–Crippen MR) is 108 cm³/mol. The molecule has 1 heterocycles. The molecule has 3 aromatic carbocycles. The number of halogens is 1. The number of fused-ring (bicyclic) bond motifs is 1. The number of rotatable bonds is 4. The zero-order valence-corrected chi connectivity index (χ0v) is 14.9. The van der Waals surface area contributed by atoms with Crippen LogP contribution in [0, 0.1) is 11.7 Å². The SMILES string of the molecule is C=C(Nc1cc(-c2ccc(F)cc2)ccc1N)C1COc2ccccc2C1. The fourth-order valence-electron chi connectivity index (χ4n) is 3.31. The van der Waals surface area contributed by atoms with Gasteiger partial charge in [0.15, 0.2) is 0 Å². The fourth-order valence-corrected chi connectivity index (χ4v) is 3.31. The molecule has 0 fully saturated rings. The Morgan fingerprint density at radius 1 is 1.04 bits per heavy atom. The standard InChI is InChI=1S/C23H21FN2O/c1-15(19-12-18-4-2-3-5-23(18)27-14-19)26-22-13-17(8-11-21(22)25)16-6-9-20(24)10-7-16/h2-11,13,19,26H,1,12,14,25H2. The molecule has 3 N–H and O–H groups in total. The van der Waals surface area contributed by atoms with Gasteiger partial charge in [0.05, 0.1) is 18.0 Å². The molecule has 27 heavy (non-hydrogen) atoms. The van der Waals surface area contributed by atoms with Crippen LogP contribution in [0.2, 0.25) is 0 Å². The number of hydrogen-bond donors (Lipinski definition) is 2. The number of nitrogen functional groups attached to an aromatic ring is 1. The third-order valence-corrected chi connectivity index (χ3v) is 4.90. The number of nitrogens with one attached hydrogen (secondary N) is 1. The lowest BCUT2D eigenvalue weighted by atomic mass is 9.94. The van der Waals surface area contributed by atoms with E-state index < -0.39 is 0 Å². The predicted octanol–water partition coefficient (Wildman–Crippen LogP) is 5.25. The van der Waals surface area contributed by atoms with Crippen molar-refractivity contribution in [3.8, 4) is 16.9 Å². The molecule has 1 atom stereocenters. The summed E-state index contributed by atoms with van der Waals surface area (Å²) in [5.74, 6) is 0.853. The van der Waals surface area contributed by atoms with Gasteiger partial charge in [-0.1, -0.05) is 43.0 Å². The minimum absolute atomic E-state index is 0.161. The summed E-state index contributed by atoms with van der Waals surface area (Å²) in [6, 6.07) is 20.2. The zero-order chi connectivity index (χ0) is 18.8. The van der Waals surface area contributed by atoms with E-state index in [0.29, 0.717) is 12.3 Å². The number of benzene rings is 3. The quantitative estimate of drug-likeness (QED) is 0.625. The van der Waals surface area contributed by atoms with E-state index >= 15 is 0 Å². The molecule has 0 saturated carbocycles. The van der Waals surface area contributed by atoms with Crippen molar-refractivity contribution in [1.29, 1.82) is 0 Å². The van der Waals surface area contributed by atoms with Crippen molar-refractivity contribution in [3.63, 3.8) is 0 Å². The smallest absolute Gasteiger partial charge is 0.123 e. The first-order valence-electron chi connectivity index (χ1n) is 8.92. The molecule has 0 amide bonds. The Hall–Kier alpha value is -3.27. The van der Waals surface area contributed by atoms with Crippen molar-refractivity contribution in [2.75, 3.05) is 17.7 Å². The number of hydrogen-bond acceptors (Lipinski definition) is 3. The Balaban J connectivity index is 1.53. The molecule has 1 aliphatic rings. The second kappa shape index (κ2) is 7.16. The van der Waals surface area contributed by atoms with E-state index in [4.69, 9.17) is 10.5 Å². The van der Waals surface area contributed by atoms with Gasteiger partial charge in [-0.2, -0.15) is 0 Å². The Kier molecular flexibility index (Phi) is 4.55. The highest BCUT2D eigenvalue weighted by Gasteiger charge is 2.22. The molecule has 0 saturated heterocycles. The Morgan fingerprint density at radius 3 is 2.59 bits per heavy atom. The molecule has 0 bridgehead atoms. The van der Waals surface area contributed by atoms with Crippen LogP contribution in [-0.2, 0) is 6.42 Å². The van der Waals surface area contributed by atoms with Crippen LogP contribution in [0.15, 0.2) is 79.0 Å². The average Bonchev–Trinajstić information content (AvgIpc) is 2.70. The van der Waals surface area contributed by atoms with Gasteiger partial charge in [-0.05, 0) is 53.4 Å². The van der Waals surface area contributed by atoms with Crippen LogP contribution in [0.4, 0.5) is 15.8 Å². The van der Waals surface area contributed by atoms with Gasteiger partial charge in [-0.15, -0.1) is 0 Å². The lowest BCUT2D eigenvalue weighted by Gasteiger charge is -2.27. The van der Waals surface area contributed by atoms with Gasteiger partial charge >= 0.3 is 0 Å². The highest BCUT2D eigenvalue weighted by Crippen LogP contribution is 2.33. The first kappa shape index (κ1) is 17.2. The zero-order valence-electron chi connectivity index (χ0n) is 14.9. The van der Waals surface area contributed by atoms with Crippen LogP contribution < -0.4 is 15.8 Å². The summed E-state index contributed by atoms with van der Waals surface area (Å²) in [7, 11) is 0. The van der Waals surface area contributed by atoms with E-state index in [2.05, 4.69) is 18.0 Å². The summed E-state index contributed by atoms with van der Waals surface area (Å²) < 4.78 is 19.0. The first-order chi connectivity index (χ1) is 13.1. The van der Waals surface area contributed by atoms with Crippen LogP contribution >= 0.6 is 0 Å². The van der Waals surface area contributed by atoms with Gasteiger partial charge in [0.1, 0.15) is 11.6 Å². The normalized spacial score (nSPS) is 15.5. The number of ether oxygens (including phenoxy) is 1. The molecule has 0 aliphatic carbocycles. The van der Waals surface area contributed by atoms with Gasteiger partial charge in [0.2, 0.25) is 0 Å². The fraction of sp³-hybridized carbons (Fsp3) is 0.130. The van der Waals surface area contributed by atoms with Gasteiger partial charge in [0, 0.05) is 11.6 Å². The van der Waals surface area contributed by atoms with Gasteiger partial charge < -0.3 is 15.8 Å². The van der Waals surface area contributed by atoms with Crippen molar-refractivity contribution in [2.45, 2.75) is 6.42 Å². The average molecular weight is 360 g/mol. The molecule has 4 rings (SSSR count). The van der Waals surface area contributed by atoms with E-state index in [9.17, 15) is 4.39 Å². The summed E-state index contributed by atoms with van der Waals surface area (Å²) in [6.07, 6.45) is 0.875. The molecule has 0 aromatic heterocycles. The maximum absolute atomic E-state index is 13.2. The van der Waals surface area contributed by atoms with E-state index in [-0.39, 0.29) is 11.7 Å². The number of nitrogens with two attached hydrogens (primary N) is 1. The van der Waals surface area contributed by atoms with Gasteiger partial charge in [-0.25, -0.2) is 4.39 Å². The number of anilines is 2. The Labute approximate surface area is 158 Å². The van der Waals surface area contributed by atoms with Crippen LogP contribution in [-0.4, -0.2) is 6.61 Å². The van der Waals surface area contributed by atoms with Crippen molar-refractivity contribution in [1.82, 2.24) is 0 Å². The van der Waals surface area contributed by atoms with Crippen molar-refractivity contribution in [3.05, 3.63) is 90.4 Å². The van der Waals surface area contributed by atoms with Crippen molar-refractivity contribution in [2.24, 2.45) is 5.92 Å². The van der Waals surface area contributed by atoms with Gasteiger partial charge in [0.25, 0.3) is 0 Å². The van der Waals surface area contributed by atoms with Gasteiger partial charge in [-0.3, -0.25) is 0 Å². The van der Waals surface area contributed by atoms with Crippen LogP contribution in [0.5, 0.6) is 5.75 Å². The maximum atomic E-state index is 13.2. The minimum Gasteiger partial charge on any atom is -0.493 e. The van der Waals surface area contributed by atoms with Crippen LogP contribution in [0.25, 0.3) is 11.1 Å². The topological polar surface area (TPSA) is 47.3 Å². The molecular weight excluding hydrogens is 339 g/mol. The van der Waals surface area contributed by atoms with Crippen LogP contribution in [0.1, 0.15) is 5.56 Å². The molecule has 4 heteroatoms. The highest BCUT2D eigenvalue weighted by molar-refractivity contribution is 5.77.